The van der Waals surface area contributed by atoms with E-state index in [4.69, 9.17) is 16.3 Å². The molecule has 2 aromatic carbocycles. The van der Waals surface area contributed by atoms with Crippen molar-refractivity contribution < 1.29 is 9.53 Å². The normalized spacial score (nSPS) is 10.8. The van der Waals surface area contributed by atoms with E-state index in [2.05, 4.69) is 26.1 Å². The van der Waals surface area contributed by atoms with Gasteiger partial charge in [0.25, 0.3) is 5.91 Å². The highest BCUT2D eigenvalue weighted by molar-refractivity contribution is 6.31. The third kappa shape index (κ3) is 4.75. The summed E-state index contributed by atoms with van der Waals surface area (Å²) in [7, 11) is 0. The summed E-state index contributed by atoms with van der Waals surface area (Å²) in [5.74, 6) is 0.803. The number of anilines is 1. The lowest BCUT2D eigenvalue weighted by Crippen LogP contribution is -2.20. The van der Waals surface area contributed by atoms with Gasteiger partial charge < -0.3 is 10.1 Å². The van der Waals surface area contributed by atoms with Gasteiger partial charge in [-0.2, -0.15) is 0 Å². The van der Waals surface area contributed by atoms with Gasteiger partial charge in [-0.1, -0.05) is 44.5 Å². The molecule has 0 atom stereocenters. The fourth-order valence-electron chi connectivity index (χ4n) is 2.46. The molecule has 0 fully saturated rings. The van der Waals surface area contributed by atoms with Crippen molar-refractivity contribution >= 4 is 23.2 Å². The summed E-state index contributed by atoms with van der Waals surface area (Å²) in [5.41, 5.74) is 3.92. The number of carbonyl (C=O) groups excluding carboxylic acids is 1. The average molecular weight is 346 g/mol. The highest BCUT2D eigenvalue weighted by Crippen LogP contribution is 2.32. The van der Waals surface area contributed by atoms with Crippen LogP contribution in [0.1, 0.15) is 43.4 Å². The summed E-state index contributed by atoms with van der Waals surface area (Å²) in [4.78, 5) is 12.2. The summed E-state index contributed by atoms with van der Waals surface area (Å²) in [6, 6.07) is 11.6. The molecule has 0 radical (unpaired) electrons. The van der Waals surface area contributed by atoms with Gasteiger partial charge >= 0.3 is 0 Å². The smallest absolute Gasteiger partial charge is 0.262 e. The van der Waals surface area contributed by atoms with Crippen LogP contribution in [0.15, 0.2) is 36.4 Å². The van der Waals surface area contributed by atoms with Crippen molar-refractivity contribution in [3.05, 3.63) is 58.1 Å². The predicted octanol–water partition coefficient (Wildman–Crippen LogP) is 5.35. The molecule has 2 rings (SSSR count). The quantitative estimate of drug-likeness (QED) is 0.766. The van der Waals surface area contributed by atoms with Gasteiger partial charge in [-0.3, -0.25) is 4.79 Å². The number of aryl methyl sites for hydroxylation is 2. The Kier molecular flexibility index (Phi) is 6.27. The van der Waals surface area contributed by atoms with Gasteiger partial charge in [-0.15, -0.1) is 0 Å². The van der Waals surface area contributed by atoms with Crippen molar-refractivity contribution in [2.24, 2.45) is 0 Å². The topological polar surface area (TPSA) is 38.3 Å². The largest absolute Gasteiger partial charge is 0.483 e. The van der Waals surface area contributed by atoms with Crippen LogP contribution in [-0.4, -0.2) is 12.5 Å². The lowest BCUT2D eigenvalue weighted by molar-refractivity contribution is -0.118. The first-order chi connectivity index (χ1) is 11.4. The zero-order valence-corrected chi connectivity index (χ0v) is 15.4. The van der Waals surface area contributed by atoms with Gasteiger partial charge in [0.1, 0.15) is 5.75 Å². The van der Waals surface area contributed by atoms with Crippen molar-refractivity contribution in [3.8, 4) is 5.75 Å². The van der Waals surface area contributed by atoms with E-state index in [1.54, 1.807) is 0 Å². The number of rotatable bonds is 6. The van der Waals surface area contributed by atoms with Crippen LogP contribution in [-0.2, 0) is 11.2 Å². The molecule has 3 nitrogen and oxygen atoms in total. The highest BCUT2D eigenvalue weighted by Gasteiger charge is 2.13. The third-order valence-corrected chi connectivity index (χ3v) is 4.30. The molecule has 4 heteroatoms. The Morgan fingerprint density at radius 2 is 2.00 bits per heavy atom. The van der Waals surface area contributed by atoms with Crippen molar-refractivity contribution in [1.29, 1.82) is 0 Å². The number of halogens is 1. The van der Waals surface area contributed by atoms with Gasteiger partial charge in [-0.25, -0.2) is 0 Å². The first kappa shape index (κ1) is 18.3. The number of nitrogens with one attached hydrogen (secondary N) is 1. The molecule has 0 saturated heterocycles. The van der Waals surface area contributed by atoms with Gasteiger partial charge in [0.05, 0.1) is 0 Å². The number of hydrogen-bond acceptors (Lipinski definition) is 2. The zero-order chi connectivity index (χ0) is 17.7. The second-order valence-corrected chi connectivity index (χ2v) is 6.59. The van der Waals surface area contributed by atoms with E-state index in [9.17, 15) is 4.79 Å². The Labute approximate surface area is 149 Å². The fourth-order valence-corrected chi connectivity index (χ4v) is 2.63. The molecule has 0 saturated carbocycles. The number of carbonyl (C=O) groups is 1. The minimum atomic E-state index is -0.175. The van der Waals surface area contributed by atoms with E-state index in [0.717, 1.165) is 23.2 Å². The maximum absolute atomic E-state index is 12.2. The van der Waals surface area contributed by atoms with Crippen LogP contribution in [0.5, 0.6) is 5.75 Å². The molecular weight excluding hydrogens is 322 g/mol. The molecule has 0 aliphatic heterocycles. The molecule has 0 aliphatic rings. The highest BCUT2D eigenvalue weighted by atomic mass is 35.5. The van der Waals surface area contributed by atoms with Gasteiger partial charge in [-0.05, 0) is 60.2 Å². The lowest BCUT2D eigenvalue weighted by atomic mass is 10.0. The maximum atomic E-state index is 12.2. The second-order valence-electron chi connectivity index (χ2n) is 6.18. The van der Waals surface area contributed by atoms with Crippen LogP contribution < -0.4 is 10.1 Å². The van der Waals surface area contributed by atoms with Crippen LogP contribution in [0, 0.1) is 6.92 Å². The summed E-state index contributed by atoms with van der Waals surface area (Å²) in [6.45, 7) is 8.13. The lowest BCUT2D eigenvalue weighted by Gasteiger charge is -2.16. The van der Waals surface area contributed by atoms with Crippen LogP contribution in [0.25, 0.3) is 0 Å². The molecule has 0 aliphatic carbocycles. The van der Waals surface area contributed by atoms with Crippen molar-refractivity contribution in [1.82, 2.24) is 0 Å². The molecule has 2 aromatic rings. The van der Waals surface area contributed by atoms with E-state index in [1.807, 2.05) is 43.3 Å². The minimum absolute atomic E-state index is 0.0306. The number of benzene rings is 2. The molecule has 128 valence electrons. The number of hydrogen-bond donors (Lipinski definition) is 1. The summed E-state index contributed by atoms with van der Waals surface area (Å²) >= 11 is 6.19. The van der Waals surface area contributed by atoms with Gasteiger partial charge in [0, 0.05) is 10.7 Å². The van der Waals surface area contributed by atoms with E-state index in [0.29, 0.717) is 10.8 Å². The zero-order valence-electron chi connectivity index (χ0n) is 14.7. The van der Waals surface area contributed by atoms with Crippen LogP contribution in [0.3, 0.4) is 0 Å². The Bertz CT molecular complexity index is 726. The Morgan fingerprint density at radius 3 is 2.67 bits per heavy atom. The van der Waals surface area contributed by atoms with Crippen molar-refractivity contribution in [2.45, 2.75) is 40.0 Å². The second kappa shape index (κ2) is 8.20. The summed E-state index contributed by atoms with van der Waals surface area (Å²) in [5, 5.41) is 3.59. The molecule has 0 bridgehead atoms. The Balaban J connectivity index is 2.04. The van der Waals surface area contributed by atoms with E-state index >= 15 is 0 Å². The maximum Gasteiger partial charge on any atom is 0.262 e. The summed E-state index contributed by atoms with van der Waals surface area (Å²) < 4.78 is 5.75. The molecule has 0 aromatic heterocycles. The minimum Gasteiger partial charge on any atom is -0.483 e. The molecule has 1 N–H and O–H groups in total. The third-order valence-electron chi connectivity index (χ3n) is 3.89. The monoisotopic (exact) mass is 345 g/mol. The SMILES string of the molecule is CCc1cccc(NC(=O)COc2cc(C)c(Cl)cc2C(C)C)c1. The summed E-state index contributed by atoms with van der Waals surface area (Å²) in [6.07, 6.45) is 0.933. The molecule has 0 spiro atoms. The molecular formula is C20H24ClNO2. The van der Waals surface area contributed by atoms with E-state index in [-0.39, 0.29) is 18.4 Å². The average Bonchev–Trinajstić information content (AvgIpc) is 2.55. The molecule has 24 heavy (non-hydrogen) atoms. The molecule has 0 heterocycles. The van der Waals surface area contributed by atoms with Crippen LogP contribution in [0.4, 0.5) is 5.69 Å². The Morgan fingerprint density at radius 1 is 1.25 bits per heavy atom. The Hall–Kier alpha value is -2.00. The van der Waals surface area contributed by atoms with Gasteiger partial charge in [0.2, 0.25) is 0 Å². The standard InChI is InChI=1S/C20H24ClNO2/c1-5-15-7-6-8-16(10-15)22-20(23)12-24-19-9-14(4)18(21)11-17(19)13(2)3/h6-11,13H,5,12H2,1-4H3,(H,22,23). The van der Waals surface area contributed by atoms with Crippen molar-refractivity contribution in [3.63, 3.8) is 0 Å². The van der Waals surface area contributed by atoms with E-state index < -0.39 is 0 Å². The van der Waals surface area contributed by atoms with Gasteiger partial charge in [0.15, 0.2) is 6.61 Å². The molecule has 1 amide bonds. The van der Waals surface area contributed by atoms with E-state index in [1.165, 1.54) is 5.56 Å². The van der Waals surface area contributed by atoms with Crippen molar-refractivity contribution in [2.75, 3.05) is 11.9 Å². The molecule has 0 unspecified atom stereocenters. The first-order valence-electron chi connectivity index (χ1n) is 8.22. The number of ether oxygens (including phenoxy) is 1. The number of amides is 1. The first-order valence-corrected chi connectivity index (χ1v) is 8.60. The van der Waals surface area contributed by atoms with Crippen LogP contribution in [0.2, 0.25) is 5.02 Å². The fraction of sp³-hybridized carbons (Fsp3) is 0.350. The predicted molar refractivity (Wildman–Crippen MR) is 100 cm³/mol. The van der Waals surface area contributed by atoms with Crippen LogP contribution >= 0.6 is 11.6 Å².